The van der Waals surface area contributed by atoms with Crippen molar-refractivity contribution < 1.29 is 53.1 Å². The minimum absolute atomic E-state index is 0.0656. The first kappa shape index (κ1) is 24.9. The molecule has 0 aromatic heterocycles. The van der Waals surface area contributed by atoms with Crippen LogP contribution in [-0.4, -0.2) is 19.8 Å². The molecule has 2 rings (SSSR count). The van der Waals surface area contributed by atoms with Gasteiger partial charge in [0.1, 0.15) is 0 Å². The average Bonchev–Trinajstić information content (AvgIpc) is 2.60. The van der Waals surface area contributed by atoms with E-state index in [1.165, 1.54) is 0 Å². The molecule has 0 atom stereocenters. The lowest BCUT2D eigenvalue weighted by Crippen LogP contribution is -2.11. The molecule has 0 saturated carbocycles. The van der Waals surface area contributed by atoms with Crippen LogP contribution in [0.15, 0.2) is 0 Å². The largest absolute Gasteiger partial charge is 0.488 e. The third-order valence-corrected chi connectivity index (χ3v) is 11.9. The van der Waals surface area contributed by atoms with Crippen molar-refractivity contribution in [2.24, 2.45) is 0 Å². The first-order chi connectivity index (χ1) is 13.8. The van der Waals surface area contributed by atoms with Crippen LogP contribution in [0.1, 0.15) is 19.3 Å². The molecular weight excluding hydrogens is 497 g/mol. The summed E-state index contributed by atoms with van der Waals surface area (Å²) in [6.45, 7) is -0.831. The van der Waals surface area contributed by atoms with Gasteiger partial charge in [0, 0.05) is 0 Å². The summed E-state index contributed by atoms with van der Waals surface area (Å²) in [5.74, 6) is 0. The third-order valence-electron chi connectivity index (χ3n) is 2.39. The molecule has 2 heterocycles. The highest BCUT2D eigenvalue weighted by Gasteiger charge is 2.56. The molecule has 0 bridgehead atoms. The normalized spacial score (nSPS) is 32.6. The van der Waals surface area contributed by atoms with Gasteiger partial charge in [-0.25, -0.2) is 39.6 Å². The minimum atomic E-state index is -4.52. The molecule has 0 N–H and O–H groups in total. The molecule has 29 heavy (non-hydrogen) atoms. The molecule has 20 heteroatoms. The zero-order chi connectivity index (χ0) is 21.4. The summed E-state index contributed by atoms with van der Waals surface area (Å²) in [5, 5.41) is 25.3. The fraction of sp³-hybridized carbons (Fsp3) is 0.667. The maximum atomic E-state index is 12.6. The Morgan fingerprint density at radius 3 is 1.52 bits per heavy atom. The van der Waals surface area contributed by atoms with Gasteiger partial charge in [-0.1, -0.05) is 0 Å². The van der Waals surface area contributed by atoms with E-state index in [1.807, 2.05) is 0 Å². The molecule has 2 saturated heterocycles. The van der Waals surface area contributed by atoms with Crippen molar-refractivity contribution in [3.63, 3.8) is 0 Å². The van der Waals surface area contributed by atoms with Crippen molar-refractivity contribution in [3.8, 4) is 18.2 Å². The average molecular weight is 509 g/mol. The summed E-state index contributed by atoms with van der Waals surface area (Å²) in [6, 6.07) is 5.24. The van der Waals surface area contributed by atoms with Crippen LogP contribution >= 0.6 is 40.7 Å². The van der Waals surface area contributed by atoms with Crippen molar-refractivity contribution in [3.05, 3.63) is 0 Å². The van der Waals surface area contributed by atoms with Gasteiger partial charge in [0.25, 0.3) is 0 Å². The molecule has 0 spiro atoms. The van der Waals surface area contributed by atoms with E-state index < -0.39 is 40.7 Å². The van der Waals surface area contributed by atoms with Crippen molar-refractivity contribution in [2.45, 2.75) is 19.3 Å². The quantitative estimate of drug-likeness (QED) is 0.244. The SMILES string of the molecule is N#CCCOP1(=O)OP(OP(=O)(OCCC#N)OP2OP(=O)(OCCC#N)O2)O1. The van der Waals surface area contributed by atoms with Crippen LogP contribution in [0.25, 0.3) is 0 Å². The lowest BCUT2D eigenvalue weighted by Gasteiger charge is -2.34. The molecule has 0 aromatic carbocycles. The summed E-state index contributed by atoms with van der Waals surface area (Å²) >= 11 is 0. The van der Waals surface area contributed by atoms with Gasteiger partial charge in [-0.3, -0.25) is 13.6 Å². The zero-order valence-electron chi connectivity index (χ0n) is 14.2. The molecule has 2 aliphatic heterocycles. The van der Waals surface area contributed by atoms with Crippen LogP contribution in [0, 0.1) is 34.0 Å². The monoisotopic (exact) mass is 509 g/mol. The fourth-order valence-electron chi connectivity index (χ4n) is 1.33. The van der Waals surface area contributed by atoms with Crippen molar-refractivity contribution >= 4 is 40.7 Å². The van der Waals surface area contributed by atoms with Gasteiger partial charge in [-0.05, 0) is 0 Å². The smallest absolute Gasteiger partial charge is 0.285 e. The molecular formula is C9H12N3O12P5. The first-order valence-electron chi connectivity index (χ1n) is 7.38. The van der Waals surface area contributed by atoms with Crippen LogP contribution < -0.4 is 0 Å². The molecule has 0 amide bonds. The zero-order valence-corrected chi connectivity index (χ0v) is 18.7. The predicted molar refractivity (Wildman–Crippen MR) is 91.7 cm³/mol. The Kier molecular flexibility index (Phi) is 9.74. The highest BCUT2D eigenvalue weighted by Crippen LogP contribution is 2.86. The van der Waals surface area contributed by atoms with Crippen LogP contribution in [0.4, 0.5) is 0 Å². The number of hydrogen-bond donors (Lipinski definition) is 0. The van der Waals surface area contributed by atoms with Crippen LogP contribution in [0.5, 0.6) is 0 Å². The van der Waals surface area contributed by atoms with Gasteiger partial charge in [0.15, 0.2) is 0 Å². The summed E-state index contributed by atoms with van der Waals surface area (Å²) in [6.07, 6.45) is -0.310. The third kappa shape index (κ3) is 8.02. The second-order valence-electron chi connectivity index (χ2n) is 4.50. The maximum Gasteiger partial charge on any atom is 0.488 e. The molecule has 0 aliphatic carbocycles. The van der Waals surface area contributed by atoms with Gasteiger partial charge in [-0.15, -0.1) is 0 Å². The van der Waals surface area contributed by atoms with E-state index in [-0.39, 0.29) is 39.1 Å². The molecule has 0 unspecified atom stereocenters. The Labute approximate surface area is 167 Å². The summed E-state index contributed by atoms with van der Waals surface area (Å²) < 4.78 is 79.5. The van der Waals surface area contributed by atoms with E-state index in [0.29, 0.717) is 0 Å². The molecule has 15 nitrogen and oxygen atoms in total. The van der Waals surface area contributed by atoms with Crippen LogP contribution in [0.3, 0.4) is 0 Å². The van der Waals surface area contributed by atoms with Gasteiger partial charge in [-0.2, -0.15) is 15.8 Å². The number of nitriles is 3. The highest BCUT2D eigenvalue weighted by molar-refractivity contribution is 7.78. The lowest BCUT2D eigenvalue weighted by molar-refractivity contribution is 0.132. The Bertz CT molecular complexity index is 773. The van der Waals surface area contributed by atoms with E-state index in [1.54, 1.807) is 18.2 Å². The number of hydrogen-bond acceptors (Lipinski definition) is 15. The fourth-order valence-corrected chi connectivity index (χ4v) is 9.36. The minimum Gasteiger partial charge on any atom is -0.285 e. The summed E-state index contributed by atoms with van der Waals surface area (Å²) in [4.78, 5) is 0. The van der Waals surface area contributed by atoms with Crippen molar-refractivity contribution in [1.29, 1.82) is 15.8 Å². The van der Waals surface area contributed by atoms with Gasteiger partial charge in [0.05, 0.1) is 57.3 Å². The molecule has 2 fully saturated rings. The van der Waals surface area contributed by atoms with E-state index in [2.05, 4.69) is 0 Å². The van der Waals surface area contributed by atoms with Gasteiger partial charge in [0.2, 0.25) is 0 Å². The Morgan fingerprint density at radius 1 is 0.759 bits per heavy atom. The Hall–Kier alpha value is -0.340. The molecule has 0 aromatic rings. The van der Waals surface area contributed by atoms with Crippen LogP contribution in [-0.2, 0) is 53.1 Å². The standard InChI is InChI=1S/C9H12N3O12P5/c10-4-1-7-16-27(13)19-25(20-27)23-29(15,18-9-3-6-12)24-26-21-28(14,22-26)17-8-2-5-11/h1-3,7-9H2. The van der Waals surface area contributed by atoms with E-state index in [4.69, 9.17) is 55.2 Å². The molecule has 2 aliphatic rings. The topological polar surface area (TPSA) is 206 Å². The van der Waals surface area contributed by atoms with Crippen molar-refractivity contribution in [2.75, 3.05) is 19.8 Å². The van der Waals surface area contributed by atoms with E-state index >= 15 is 0 Å². The maximum absolute atomic E-state index is 12.6. The van der Waals surface area contributed by atoms with Gasteiger partial charge < -0.3 is 0 Å². The second kappa shape index (κ2) is 11.3. The number of phosphoric acid groups is 3. The number of rotatable bonds is 13. The van der Waals surface area contributed by atoms with E-state index in [9.17, 15) is 13.7 Å². The Morgan fingerprint density at radius 2 is 1.14 bits per heavy atom. The summed E-state index contributed by atoms with van der Waals surface area (Å²) in [7, 11) is -17.3. The van der Waals surface area contributed by atoms with Gasteiger partial charge >= 0.3 is 40.7 Å². The summed E-state index contributed by atoms with van der Waals surface area (Å²) in [5.41, 5.74) is 0. The number of nitrogens with zero attached hydrogens (tertiary/aromatic N) is 3. The van der Waals surface area contributed by atoms with Crippen molar-refractivity contribution in [1.82, 2.24) is 0 Å². The first-order valence-corrected chi connectivity index (χ1v) is 14.0. The predicted octanol–water partition coefficient (Wildman–Crippen LogP) is 4.68. The van der Waals surface area contributed by atoms with E-state index in [0.717, 1.165) is 0 Å². The highest BCUT2D eigenvalue weighted by atomic mass is 31.4. The molecule has 160 valence electrons. The van der Waals surface area contributed by atoms with Crippen LogP contribution in [0.2, 0.25) is 0 Å². The lowest BCUT2D eigenvalue weighted by atomic mass is 10.5. The second-order valence-corrected chi connectivity index (χ2v) is 12.8. The Balaban J connectivity index is 1.85. The molecule has 0 radical (unpaired) electrons.